The van der Waals surface area contributed by atoms with Gasteiger partial charge in [0.1, 0.15) is 11.7 Å². The number of rotatable bonds is 13. The minimum Gasteiger partial charge on any atom is -0.463 e. The van der Waals surface area contributed by atoms with E-state index in [9.17, 15) is 9.59 Å². The predicted molar refractivity (Wildman–Crippen MR) is 154 cm³/mol. The summed E-state index contributed by atoms with van der Waals surface area (Å²) in [5.41, 5.74) is 3.41. The second-order valence-corrected chi connectivity index (χ2v) is 8.94. The molecule has 0 radical (unpaired) electrons. The van der Waals surface area contributed by atoms with Gasteiger partial charge in [0, 0.05) is 24.9 Å². The van der Waals surface area contributed by atoms with Gasteiger partial charge in [0.2, 0.25) is 6.41 Å². The lowest BCUT2D eigenvalue weighted by Crippen LogP contribution is -2.43. The highest BCUT2D eigenvalue weighted by Crippen LogP contribution is 2.40. The third-order valence-corrected chi connectivity index (χ3v) is 6.41. The highest BCUT2D eigenvalue weighted by molar-refractivity contribution is 6.06. The van der Waals surface area contributed by atoms with E-state index in [0.717, 1.165) is 37.7 Å². The number of amidine groups is 1. The second-order valence-electron chi connectivity index (χ2n) is 8.94. The number of hydrogen-bond donors (Lipinski definition) is 2. The fourth-order valence-electron chi connectivity index (χ4n) is 4.63. The maximum Gasteiger partial charge on any atom is 0.336 e. The van der Waals surface area contributed by atoms with Crippen LogP contribution in [-0.2, 0) is 14.3 Å². The number of dihydropyridines is 1. The molecule has 2 N–H and O–H groups in total. The molecule has 1 atom stereocenters. The Morgan fingerprint density at radius 2 is 1.76 bits per heavy atom. The standard InChI is InChI=1S/C31H38N4O3/c1-5-7-8-9-16-21-33-29(32-4)28-27(24-17-12-10-13-18-24)26(31(37)38-6-2)23(3)34-30(28)35(22-36)25-19-14-11-15-20-25/h5,10-15,17-20,22,27,34H,1,6-9,16,21H2,2-4H3,(H,32,33). The summed E-state index contributed by atoms with van der Waals surface area (Å²) >= 11 is 0. The lowest BCUT2D eigenvalue weighted by Gasteiger charge is -2.36. The lowest BCUT2D eigenvalue weighted by molar-refractivity contribution is -0.138. The van der Waals surface area contributed by atoms with E-state index in [2.05, 4.69) is 22.2 Å². The summed E-state index contributed by atoms with van der Waals surface area (Å²) in [5, 5.41) is 6.85. The zero-order valence-corrected chi connectivity index (χ0v) is 22.6. The molecule has 1 unspecified atom stereocenters. The maximum atomic E-state index is 13.3. The number of para-hydroxylation sites is 1. The molecule has 1 heterocycles. The van der Waals surface area contributed by atoms with E-state index in [1.165, 1.54) is 0 Å². The van der Waals surface area contributed by atoms with E-state index in [-0.39, 0.29) is 6.61 Å². The van der Waals surface area contributed by atoms with Gasteiger partial charge in [0.15, 0.2) is 0 Å². The highest BCUT2D eigenvalue weighted by atomic mass is 16.5. The number of allylic oxidation sites excluding steroid dienone is 2. The van der Waals surface area contributed by atoms with Gasteiger partial charge in [0.05, 0.1) is 23.8 Å². The summed E-state index contributed by atoms with van der Waals surface area (Å²) in [7, 11) is 1.72. The van der Waals surface area contributed by atoms with E-state index in [1.807, 2.05) is 73.7 Å². The molecule has 7 nitrogen and oxygen atoms in total. The topological polar surface area (TPSA) is 83.0 Å². The van der Waals surface area contributed by atoms with E-state index < -0.39 is 11.9 Å². The number of hydrogen-bond acceptors (Lipinski definition) is 5. The molecule has 38 heavy (non-hydrogen) atoms. The highest BCUT2D eigenvalue weighted by Gasteiger charge is 2.39. The van der Waals surface area contributed by atoms with Gasteiger partial charge in [0.25, 0.3) is 0 Å². The zero-order chi connectivity index (χ0) is 27.3. The minimum atomic E-state index is -0.510. The maximum absolute atomic E-state index is 13.3. The Morgan fingerprint density at radius 1 is 1.08 bits per heavy atom. The third kappa shape index (κ3) is 6.79. The summed E-state index contributed by atoms with van der Waals surface area (Å²) in [6.07, 6.45) is 6.79. The van der Waals surface area contributed by atoms with Crippen LogP contribution in [0.2, 0.25) is 0 Å². The van der Waals surface area contributed by atoms with E-state index >= 15 is 0 Å². The predicted octanol–water partition coefficient (Wildman–Crippen LogP) is 5.45. The summed E-state index contributed by atoms with van der Waals surface area (Å²) in [4.78, 5) is 32.1. The van der Waals surface area contributed by atoms with Crippen LogP contribution in [0.15, 0.2) is 101 Å². The first-order valence-electron chi connectivity index (χ1n) is 13.1. The van der Waals surface area contributed by atoms with Gasteiger partial charge in [-0.1, -0.05) is 61.0 Å². The quantitative estimate of drug-likeness (QED) is 0.0928. The summed E-state index contributed by atoms with van der Waals surface area (Å²) < 4.78 is 5.50. The number of carbonyl (C=O) groups excluding carboxylic acids is 2. The van der Waals surface area contributed by atoms with Crippen molar-refractivity contribution in [3.05, 3.63) is 102 Å². The van der Waals surface area contributed by atoms with Crippen molar-refractivity contribution in [1.82, 2.24) is 10.6 Å². The molecule has 3 rings (SSSR count). The summed E-state index contributed by atoms with van der Waals surface area (Å²) in [5.74, 6) is 0.247. The fraction of sp³-hybridized carbons (Fsp3) is 0.323. The molecule has 7 heteroatoms. The molecule has 1 aliphatic heterocycles. The van der Waals surface area contributed by atoms with Crippen molar-refractivity contribution in [1.29, 1.82) is 0 Å². The van der Waals surface area contributed by atoms with Crippen molar-refractivity contribution < 1.29 is 14.3 Å². The van der Waals surface area contributed by atoms with Crippen molar-refractivity contribution >= 4 is 23.9 Å². The van der Waals surface area contributed by atoms with Crippen LogP contribution in [0.25, 0.3) is 0 Å². The van der Waals surface area contributed by atoms with Crippen LogP contribution >= 0.6 is 0 Å². The normalized spacial score (nSPS) is 15.6. The smallest absolute Gasteiger partial charge is 0.336 e. The lowest BCUT2D eigenvalue weighted by atomic mass is 9.80. The molecule has 1 amide bonds. The summed E-state index contributed by atoms with van der Waals surface area (Å²) in [6.45, 7) is 8.38. The van der Waals surface area contributed by atoms with Crippen LogP contribution in [-0.4, -0.2) is 38.4 Å². The largest absolute Gasteiger partial charge is 0.463 e. The second kappa shape index (κ2) is 14.6. The molecular formula is C31H38N4O3. The number of anilines is 1. The first-order chi connectivity index (χ1) is 18.6. The molecule has 0 saturated carbocycles. The molecule has 0 aliphatic carbocycles. The summed E-state index contributed by atoms with van der Waals surface area (Å²) in [6, 6.07) is 19.2. The first-order valence-corrected chi connectivity index (χ1v) is 13.1. The average molecular weight is 515 g/mol. The SMILES string of the molecule is C=CCCCCCNC(=NC)C1=C(N(C=O)c2ccccc2)NC(C)=C(C(=O)OCC)C1c1ccccc1. The van der Waals surface area contributed by atoms with Crippen molar-refractivity contribution in [3.63, 3.8) is 0 Å². The van der Waals surface area contributed by atoms with Gasteiger partial charge in [-0.2, -0.15) is 0 Å². The monoisotopic (exact) mass is 514 g/mol. The number of aliphatic imine (C=N–C) groups is 1. The van der Waals surface area contributed by atoms with E-state index in [0.29, 0.717) is 40.7 Å². The average Bonchev–Trinajstić information content (AvgIpc) is 2.94. The molecule has 0 saturated heterocycles. The van der Waals surface area contributed by atoms with Gasteiger partial charge in [-0.25, -0.2) is 4.79 Å². The molecule has 2 aromatic carbocycles. The van der Waals surface area contributed by atoms with Crippen LogP contribution in [0.1, 0.15) is 51.0 Å². The number of nitrogens with zero attached hydrogens (tertiary/aromatic N) is 2. The van der Waals surface area contributed by atoms with E-state index in [1.54, 1.807) is 18.9 Å². The van der Waals surface area contributed by atoms with Crippen molar-refractivity contribution in [2.24, 2.45) is 4.99 Å². The van der Waals surface area contributed by atoms with Gasteiger partial charge >= 0.3 is 5.97 Å². The zero-order valence-electron chi connectivity index (χ0n) is 22.6. The molecule has 2 aromatic rings. The number of esters is 1. The number of amides is 1. The van der Waals surface area contributed by atoms with Gasteiger partial charge in [-0.15, -0.1) is 6.58 Å². The Labute approximate surface area is 226 Å². The minimum absolute atomic E-state index is 0.255. The molecule has 0 aromatic heterocycles. The Bertz CT molecular complexity index is 1190. The Balaban J connectivity index is 2.17. The van der Waals surface area contributed by atoms with Crippen LogP contribution < -0.4 is 15.5 Å². The molecule has 200 valence electrons. The Morgan fingerprint density at radius 3 is 2.37 bits per heavy atom. The molecule has 1 aliphatic rings. The van der Waals surface area contributed by atoms with Crippen molar-refractivity contribution in [2.45, 2.75) is 45.4 Å². The number of unbranched alkanes of at least 4 members (excludes halogenated alkanes) is 3. The number of nitrogens with one attached hydrogen (secondary N) is 2. The number of benzene rings is 2. The number of carbonyl (C=O) groups is 2. The Hall–Kier alpha value is -4.13. The fourth-order valence-corrected chi connectivity index (χ4v) is 4.63. The van der Waals surface area contributed by atoms with Gasteiger partial charge < -0.3 is 15.4 Å². The molecule has 0 spiro atoms. The molecule has 0 bridgehead atoms. The van der Waals surface area contributed by atoms with Gasteiger partial charge in [-0.05, 0) is 50.8 Å². The van der Waals surface area contributed by atoms with Crippen LogP contribution in [0, 0.1) is 0 Å². The van der Waals surface area contributed by atoms with Gasteiger partial charge in [-0.3, -0.25) is 14.7 Å². The van der Waals surface area contributed by atoms with Crippen molar-refractivity contribution in [2.75, 3.05) is 25.1 Å². The van der Waals surface area contributed by atoms with Crippen LogP contribution in [0.4, 0.5) is 5.69 Å². The van der Waals surface area contributed by atoms with Crippen LogP contribution in [0.5, 0.6) is 0 Å². The molecule has 0 fully saturated rings. The Kier molecular flexibility index (Phi) is 10.9. The van der Waals surface area contributed by atoms with Crippen molar-refractivity contribution in [3.8, 4) is 0 Å². The number of ether oxygens (including phenoxy) is 1. The van der Waals surface area contributed by atoms with Crippen LogP contribution in [0.3, 0.4) is 0 Å². The molecular weight excluding hydrogens is 476 g/mol. The first kappa shape index (κ1) is 28.4. The third-order valence-electron chi connectivity index (χ3n) is 6.41. The van der Waals surface area contributed by atoms with E-state index in [4.69, 9.17) is 4.74 Å².